The van der Waals surface area contributed by atoms with Crippen LogP contribution < -0.4 is 5.32 Å². The second-order valence-electron chi connectivity index (χ2n) is 4.83. The molecule has 0 aliphatic heterocycles. The number of aliphatic hydroxyl groups is 1. The summed E-state index contributed by atoms with van der Waals surface area (Å²) in [5, 5.41) is 14.7. The molecule has 0 fully saturated rings. The van der Waals surface area contributed by atoms with Crippen LogP contribution in [0.15, 0.2) is 29.6 Å². The van der Waals surface area contributed by atoms with Crippen molar-refractivity contribution < 1.29 is 9.90 Å². The molecule has 0 spiro atoms. The maximum Gasteiger partial charge on any atom is 0.252 e. The van der Waals surface area contributed by atoms with Crippen molar-refractivity contribution in [1.82, 2.24) is 5.32 Å². The van der Waals surface area contributed by atoms with Crippen LogP contribution in [0.1, 0.15) is 30.1 Å². The molecule has 0 saturated carbocycles. The lowest BCUT2D eigenvalue weighted by molar-refractivity contribution is 0.0949. The average molecular weight is 277 g/mol. The quantitative estimate of drug-likeness (QED) is 0.852. The van der Waals surface area contributed by atoms with Crippen molar-refractivity contribution in [2.24, 2.45) is 5.92 Å². The Bertz CT molecular complexity index is 550. The van der Waals surface area contributed by atoms with Crippen molar-refractivity contribution in [2.75, 3.05) is 13.2 Å². The number of thiophene rings is 1. The fraction of sp³-hybridized carbons (Fsp3) is 0.400. The van der Waals surface area contributed by atoms with Gasteiger partial charge in [-0.1, -0.05) is 25.1 Å². The summed E-state index contributed by atoms with van der Waals surface area (Å²) in [6.07, 6.45) is 1.72. The number of hydrogen-bond acceptors (Lipinski definition) is 3. The highest BCUT2D eigenvalue weighted by Gasteiger charge is 2.12. The number of fused-ring (bicyclic) bond motifs is 1. The number of benzene rings is 1. The van der Waals surface area contributed by atoms with Gasteiger partial charge in [0.2, 0.25) is 0 Å². The van der Waals surface area contributed by atoms with Crippen LogP contribution in [-0.2, 0) is 0 Å². The van der Waals surface area contributed by atoms with Gasteiger partial charge in [0.25, 0.3) is 5.91 Å². The third-order valence-corrected chi connectivity index (χ3v) is 4.16. The number of carbonyl (C=O) groups excluding carboxylic acids is 1. The molecule has 1 heterocycles. The SMILES string of the molecule is CC(CCCO)CNC(=O)c1csc2ccccc12. The van der Waals surface area contributed by atoms with Crippen LogP contribution in [0.25, 0.3) is 10.1 Å². The summed E-state index contributed by atoms with van der Waals surface area (Å²) < 4.78 is 1.14. The van der Waals surface area contributed by atoms with E-state index in [2.05, 4.69) is 12.2 Å². The molecule has 4 heteroatoms. The van der Waals surface area contributed by atoms with E-state index in [-0.39, 0.29) is 12.5 Å². The van der Waals surface area contributed by atoms with E-state index in [9.17, 15) is 4.79 Å². The Balaban J connectivity index is 1.96. The van der Waals surface area contributed by atoms with E-state index in [1.807, 2.05) is 29.6 Å². The minimum absolute atomic E-state index is 0.00621. The number of aliphatic hydroxyl groups excluding tert-OH is 1. The van der Waals surface area contributed by atoms with E-state index in [0.717, 1.165) is 28.5 Å². The van der Waals surface area contributed by atoms with Gasteiger partial charge in [0.1, 0.15) is 0 Å². The van der Waals surface area contributed by atoms with Crippen LogP contribution in [0.4, 0.5) is 0 Å². The number of rotatable bonds is 6. The third-order valence-electron chi connectivity index (χ3n) is 3.19. The second kappa shape index (κ2) is 6.68. The fourth-order valence-corrected chi connectivity index (χ4v) is 3.00. The molecule has 0 bridgehead atoms. The Labute approximate surface area is 117 Å². The van der Waals surface area contributed by atoms with Gasteiger partial charge in [-0.15, -0.1) is 11.3 Å². The Morgan fingerprint density at radius 1 is 1.42 bits per heavy atom. The largest absolute Gasteiger partial charge is 0.396 e. The monoisotopic (exact) mass is 277 g/mol. The lowest BCUT2D eigenvalue weighted by Crippen LogP contribution is -2.28. The normalized spacial score (nSPS) is 12.5. The van der Waals surface area contributed by atoms with Crippen LogP contribution in [0.5, 0.6) is 0 Å². The number of hydrogen-bond donors (Lipinski definition) is 2. The number of nitrogens with one attached hydrogen (secondary N) is 1. The van der Waals surface area contributed by atoms with E-state index in [0.29, 0.717) is 12.5 Å². The average Bonchev–Trinajstić information content (AvgIpc) is 2.86. The predicted octanol–water partition coefficient (Wildman–Crippen LogP) is 3.04. The van der Waals surface area contributed by atoms with E-state index in [1.54, 1.807) is 11.3 Å². The third kappa shape index (κ3) is 3.55. The van der Waals surface area contributed by atoms with Crippen LogP contribution >= 0.6 is 11.3 Å². The van der Waals surface area contributed by atoms with Crippen molar-refractivity contribution >= 4 is 27.3 Å². The van der Waals surface area contributed by atoms with Crippen molar-refractivity contribution in [1.29, 1.82) is 0 Å². The van der Waals surface area contributed by atoms with Gasteiger partial charge >= 0.3 is 0 Å². The zero-order chi connectivity index (χ0) is 13.7. The van der Waals surface area contributed by atoms with Crippen molar-refractivity contribution in [3.63, 3.8) is 0 Å². The summed E-state index contributed by atoms with van der Waals surface area (Å²) in [4.78, 5) is 12.1. The van der Waals surface area contributed by atoms with Crippen LogP contribution in [-0.4, -0.2) is 24.2 Å². The minimum Gasteiger partial charge on any atom is -0.396 e. The first-order valence-corrected chi connectivity index (χ1v) is 7.45. The molecule has 2 aromatic rings. The summed E-state index contributed by atoms with van der Waals surface area (Å²) in [7, 11) is 0. The van der Waals surface area contributed by atoms with Crippen LogP contribution in [0.2, 0.25) is 0 Å². The second-order valence-corrected chi connectivity index (χ2v) is 5.74. The van der Waals surface area contributed by atoms with E-state index < -0.39 is 0 Å². The lowest BCUT2D eigenvalue weighted by atomic mass is 10.1. The molecule has 1 atom stereocenters. The molecule has 102 valence electrons. The molecular formula is C15H19NO2S. The maximum absolute atomic E-state index is 12.1. The summed E-state index contributed by atoms with van der Waals surface area (Å²) >= 11 is 1.60. The minimum atomic E-state index is -0.00621. The summed E-state index contributed by atoms with van der Waals surface area (Å²) in [5.41, 5.74) is 0.759. The van der Waals surface area contributed by atoms with Gasteiger partial charge in [0, 0.05) is 28.6 Å². The lowest BCUT2D eigenvalue weighted by Gasteiger charge is -2.11. The highest BCUT2D eigenvalue weighted by molar-refractivity contribution is 7.17. The van der Waals surface area contributed by atoms with Gasteiger partial charge in [-0.25, -0.2) is 0 Å². The molecule has 2 rings (SSSR count). The van der Waals surface area contributed by atoms with Gasteiger partial charge in [-0.2, -0.15) is 0 Å². The predicted molar refractivity (Wildman–Crippen MR) is 79.6 cm³/mol. The molecule has 2 N–H and O–H groups in total. The fourth-order valence-electron chi connectivity index (χ4n) is 2.06. The first kappa shape index (κ1) is 14.0. The first-order valence-electron chi connectivity index (χ1n) is 6.57. The molecule has 1 unspecified atom stereocenters. The zero-order valence-corrected chi connectivity index (χ0v) is 11.9. The summed E-state index contributed by atoms with van der Waals surface area (Å²) in [6.45, 7) is 2.96. The number of carbonyl (C=O) groups is 1. The molecule has 1 aromatic heterocycles. The Morgan fingerprint density at radius 3 is 3.00 bits per heavy atom. The maximum atomic E-state index is 12.1. The van der Waals surface area contributed by atoms with Gasteiger partial charge in [0.15, 0.2) is 0 Å². The topological polar surface area (TPSA) is 49.3 Å². The van der Waals surface area contributed by atoms with Crippen LogP contribution in [0.3, 0.4) is 0 Å². The Morgan fingerprint density at radius 2 is 2.21 bits per heavy atom. The van der Waals surface area contributed by atoms with E-state index in [4.69, 9.17) is 5.11 Å². The van der Waals surface area contributed by atoms with E-state index in [1.165, 1.54) is 0 Å². The van der Waals surface area contributed by atoms with Crippen LogP contribution in [0, 0.1) is 5.92 Å². The molecule has 0 aliphatic carbocycles. The highest BCUT2D eigenvalue weighted by atomic mass is 32.1. The smallest absolute Gasteiger partial charge is 0.252 e. The highest BCUT2D eigenvalue weighted by Crippen LogP contribution is 2.25. The molecular weight excluding hydrogens is 258 g/mol. The Kier molecular flexibility index (Phi) is 4.93. The molecule has 1 amide bonds. The zero-order valence-electron chi connectivity index (χ0n) is 11.1. The summed E-state index contributed by atoms with van der Waals surface area (Å²) in [5.74, 6) is 0.384. The standard InChI is InChI=1S/C15H19NO2S/c1-11(5-4-8-17)9-16-15(18)13-10-19-14-7-3-2-6-12(13)14/h2-3,6-7,10-11,17H,4-5,8-9H2,1H3,(H,16,18). The Hall–Kier alpha value is -1.39. The van der Waals surface area contributed by atoms with Crippen molar-refractivity contribution in [3.05, 3.63) is 35.2 Å². The molecule has 0 saturated heterocycles. The van der Waals surface area contributed by atoms with Gasteiger partial charge < -0.3 is 10.4 Å². The van der Waals surface area contributed by atoms with Crippen molar-refractivity contribution in [3.8, 4) is 0 Å². The number of amides is 1. The molecule has 3 nitrogen and oxygen atoms in total. The first-order chi connectivity index (χ1) is 9.22. The van der Waals surface area contributed by atoms with E-state index >= 15 is 0 Å². The van der Waals surface area contributed by atoms with Gasteiger partial charge in [-0.05, 0) is 24.8 Å². The molecule has 0 aliphatic rings. The van der Waals surface area contributed by atoms with Crippen molar-refractivity contribution in [2.45, 2.75) is 19.8 Å². The van der Waals surface area contributed by atoms with Gasteiger partial charge in [-0.3, -0.25) is 4.79 Å². The molecule has 0 radical (unpaired) electrons. The summed E-state index contributed by atoms with van der Waals surface area (Å²) in [6, 6.07) is 7.95. The molecule has 1 aromatic carbocycles. The molecule has 19 heavy (non-hydrogen) atoms. The van der Waals surface area contributed by atoms with Gasteiger partial charge in [0.05, 0.1) is 5.56 Å².